The standard InChI is InChI=1S/C18H25N5O2S/c19-16-8-12-21-18(22-16)23-17(15-6-10-20-11-7-15)26(24,25)13-9-14-4-2-1-3-5-14/h1-5,8,12,15,17,20H,6-7,9-11,13H2,(H3,19,21,22,23). The second kappa shape index (κ2) is 8.46. The van der Waals surface area contributed by atoms with Crippen LogP contribution in [-0.4, -0.2) is 42.6 Å². The van der Waals surface area contributed by atoms with Crippen molar-refractivity contribution in [1.29, 1.82) is 0 Å². The lowest BCUT2D eigenvalue weighted by Crippen LogP contribution is -2.44. The number of rotatable bonds is 7. The van der Waals surface area contributed by atoms with Crippen LogP contribution < -0.4 is 16.4 Å². The summed E-state index contributed by atoms with van der Waals surface area (Å²) in [5.74, 6) is 0.674. The molecule has 1 unspecified atom stereocenters. The molecule has 1 fully saturated rings. The molecule has 26 heavy (non-hydrogen) atoms. The number of nitrogens with two attached hydrogens (primary N) is 1. The molecule has 0 spiro atoms. The normalized spacial score (nSPS) is 16.9. The quantitative estimate of drug-likeness (QED) is 0.672. The summed E-state index contributed by atoms with van der Waals surface area (Å²) in [6.45, 7) is 1.63. The molecule has 4 N–H and O–H groups in total. The highest BCUT2D eigenvalue weighted by Gasteiger charge is 2.34. The molecule has 3 rings (SSSR count). The molecule has 1 aromatic heterocycles. The molecule has 2 aromatic rings. The topological polar surface area (TPSA) is 110 Å². The van der Waals surface area contributed by atoms with Crippen LogP contribution in [0.5, 0.6) is 0 Å². The van der Waals surface area contributed by atoms with Crippen LogP contribution in [0.15, 0.2) is 42.6 Å². The smallest absolute Gasteiger partial charge is 0.225 e. The molecule has 1 aliphatic rings. The lowest BCUT2D eigenvalue weighted by Gasteiger charge is -2.31. The minimum Gasteiger partial charge on any atom is -0.384 e. The van der Waals surface area contributed by atoms with Crippen molar-refractivity contribution in [3.05, 3.63) is 48.2 Å². The lowest BCUT2D eigenvalue weighted by atomic mass is 9.98. The van der Waals surface area contributed by atoms with E-state index in [9.17, 15) is 8.42 Å². The summed E-state index contributed by atoms with van der Waals surface area (Å²) in [6, 6.07) is 11.2. The van der Waals surface area contributed by atoms with Gasteiger partial charge in [0.05, 0.1) is 5.75 Å². The Morgan fingerprint density at radius 2 is 1.92 bits per heavy atom. The molecule has 1 atom stereocenters. The molecule has 140 valence electrons. The predicted octanol–water partition coefficient (Wildman–Crippen LogP) is 1.45. The molecular formula is C18H25N5O2S. The largest absolute Gasteiger partial charge is 0.384 e. The van der Waals surface area contributed by atoms with Gasteiger partial charge < -0.3 is 16.4 Å². The molecule has 0 aliphatic carbocycles. The number of benzene rings is 1. The minimum atomic E-state index is -3.39. The molecule has 2 heterocycles. The average molecular weight is 375 g/mol. The number of hydrogen-bond acceptors (Lipinski definition) is 7. The van der Waals surface area contributed by atoms with Gasteiger partial charge >= 0.3 is 0 Å². The third kappa shape index (κ3) is 4.92. The summed E-state index contributed by atoms with van der Waals surface area (Å²) < 4.78 is 26.2. The second-order valence-corrected chi connectivity index (χ2v) is 8.80. The van der Waals surface area contributed by atoms with Crippen LogP contribution >= 0.6 is 0 Å². The fraction of sp³-hybridized carbons (Fsp3) is 0.444. The molecule has 1 aromatic carbocycles. The van der Waals surface area contributed by atoms with Crippen molar-refractivity contribution in [2.45, 2.75) is 24.6 Å². The van der Waals surface area contributed by atoms with Crippen molar-refractivity contribution in [3.8, 4) is 0 Å². The first-order valence-corrected chi connectivity index (χ1v) is 10.6. The number of nitrogen functional groups attached to an aromatic ring is 1. The van der Waals surface area contributed by atoms with Crippen molar-refractivity contribution in [2.24, 2.45) is 5.92 Å². The number of nitrogens with one attached hydrogen (secondary N) is 2. The Bertz CT molecular complexity index is 807. The van der Waals surface area contributed by atoms with Crippen LogP contribution in [0.3, 0.4) is 0 Å². The number of aromatic nitrogens is 2. The predicted molar refractivity (Wildman–Crippen MR) is 103 cm³/mol. The van der Waals surface area contributed by atoms with Crippen LogP contribution in [0.1, 0.15) is 18.4 Å². The van der Waals surface area contributed by atoms with E-state index in [1.54, 1.807) is 6.07 Å². The van der Waals surface area contributed by atoms with Gasteiger partial charge in [-0.15, -0.1) is 0 Å². The number of aryl methyl sites for hydroxylation is 1. The van der Waals surface area contributed by atoms with Gasteiger partial charge in [0.25, 0.3) is 0 Å². The molecular weight excluding hydrogens is 350 g/mol. The van der Waals surface area contributed by atoms with Crippen LogP contribution in [0, 0.1) is 5.92 Å². The molecule has 0 saturated carbocycles. The highest BCUT2D eigenvalue weighted by Crippen LogP contribution is 2.24. The Balaban J connectivity index is 1.78. The van der Waals surface area contributed by atoms with Crippen molar-refractivity contribution in [2.75, 3.05) is 29.9 Å². The molecule has 1 saturated heterocycles. The Labute approximate surface area is 154 Å². The molecule has 0 bridgehead atoms. The maximum absolute atomic E-state index is 13.1. The molecule has 8 heteroatoms. The van der Waals surface area contributed by atoms with Crippen molar-refractivity contribution in [1.82, 2.24) is 15.3 Å². The maximum Gasteiger partial charge on any atom is 0.225 e. The second-order valence-electron chi connectivity index (χ2n) is 6.56. The van der Waals surface area contributed by atoms with Gasteiger partial charge in [-0.2, -0.15) is 4.98 Å². The first-order chi connectivity index (χ1) is 12.5. The Morgan fingerprint density at radius 3 is 2.62 bits per heavy atom. The van der Waals surface area contributed by atoms with Gasteiger partial charge in [0, 0.05) is 6.20 Å². The zero-order valence-electron chi connectivity index (χ0n) is 14.6. The molecule has 1 aliphatic heterocycles. The van der Waals surface area contributed by atoms with Gasteiger partial charge in [0.2, 0.25) is 5.95 Å². The number of hydrogen-bond donors (Lipinski definition) is 3. The van der Waals surface area contributed by atoms with Crippen LogP contribution in [-0.2, 0) is 16.3 Å². The molecule has 0 radical (unpaired) electrons. The number of anilines is 2. The van der Waals surface area contributed by atoms with E-state index in [4.69, 9.17) is 5.73 Å². The van der Waals surface area contributed by atoms with Gasteiger partial charge in [-0.25, -0.2) is 13.4 Å². The van der Waals surface area contributed by atoms with E-state index in [1.165, 1.54) is 6.20 Å². The van der Waals surface area contributed by atoms with E-state index in [2.05, 4.69) is 20.6 Å². The Hall–Kier alpha value is -2.19. The highest BCUT2D eigenvalue weighted by atomic mass is 32.2. The maximum atomic E-state index is 13.1. The number of nitrogens with zero attached hydrogens (tertiary/aromatic N) is 2. The summed E-state index contributed by atoms with van der Waals surface area (Å²) in [5.41, 5.74) is 6.72. The first kappa shape index (κ1) is 18.6. The van der Waals surface area contributed by atoms with Gasteiger partial charge in [-0.3, -0.25) is 0 Å². The summed E-state index contributed by atoms with van der Waals surface area (Å²) in [5, 5.41) is 5.61. The van der Waals surface area contributed by atoms with Crippen molar-refractivity contribution in [3.63, 3.8) is 0 Å². The summed E-state index contributed by atoms with van der Waals surface area (Å²) in [7, 11) is -3.39. The average Bonchev–Trinajstić information content (AvgIpc) is 2.66. The third-order valence-electron chi connectivity index (χ3n) is 4.67. The van der Waals surface area contributed by atoms with E-state index >= 15 is 0 Å². The Morgan fingerprint density at radius 1 is 1.19 bits per heavy atom. The Kier molecular flexibility index (Phi) is 6.05. The SMILES string of the molecule is Nc1ccnc(NC(C2CCNCC2)S(=O)(=O)CCc2ccccc2)n1. The van der Waals surface area contributed by atoms with Crippen molar-refractivity contribution < 1.29 is 8.42 Å². The monoisotopic (exact) mass is 375 g/mol. The summed E-state index contributed by atoms with van der Waals surface area (Å²) in [4.78, 5) is 8.24. The zero-order valence-corrected chi connectivity index (χ0v) is 15.5. The van der Waals surface area contributed by atoms with Crippen molar-refractivity contribution >= 4 is 21.6 Å². The summed E-state index contributed by atoms with van der Waals surface area (Å²) >= 11 is 0. The third-order valence-corrected chi connectivity index (χ3v) is 6.72. The van der Waals surface area contributed by atoms with E-state index in [0.717, 1.165) is 31.5 Å². The van der Waals surface area contributed by atoms with Gasteiger partial charge in [-0.05, 0) is 49.9 Å². The first-order valence-electron chi connectivity index (χ1n) is 8.86. The van der Waals surface area contributed by atoms with Crippen LogP contribution in [0.2, 0.25) is 0 Å². The van der Waals surface area contributed by atoms with Crippen LogP contribution in [0.4, 0.5) is 11.8 Å². The summed E-state index contributed by atoms with van der Waals surface area (Å²) in [6.07, 6.45) is 3.61. The minimum absolute atomic E-state index is 0.0158. The van der Waals surface area contributed by atoms with Gasteiger partial charge in [0.15, 0.2) is 9.84 Å². The van der Waals surface area contributed by atoms with E-state index in [0.29, 0.717) is 12.2 Å². The zero-order chi connectivity index (χ0) is 18.4. The lowest BCUT2D eigenvalue weighted by molar-refractivity contribution is 0.366. The fourth-order valence-electron chi connectivity index (χ4n) is 3.25. The highest BCUT2D eigenvalue weighted by molar-refractivity contribution is 7.92. The van der Waals surface area contributed by atoms with Gasteiger partial charge in [-0.1, -0.05) is 30.3 Å². The van der Waals surface area contributed by atoms with E-state index < -0.39 is 15.2 Å². The molecule has 7 nitrogen and oxygen atoms in total. The fourth-order valence-corrected chi connectivity index (χ4v) is 5.17. The molecule has 0 amide bonds. The number of piperidine rings is 1. The van der Waals surface area contributed by atoms with E-state index in [-0.39, 0.29) is 17.6 Å². The van der Waals surface area contributed by atoms with Gasteiger partial charge in [0.1, 0.15) is 11.2 Å². The van der Waals surface area contributed by atoms with Crippen LogP contribution in [0.25, 0.3) is 0 Å². The van der Waals surface area contributed by atoms with E-state index in [1.807, 2.05) is 30.3 Å². The number of sulfone groups is 1.